The van der Waals surface area contributed by atoms with Crippen molar-refractivity contribution in [3.8, 4) is 11.8 Å². The molecule has 3 aromatic heterocycles. The minimum absolute atomic E-state index is 0.214. The summed E-state index contributed by atoms with van der Waals surface area (Å²) in [5.74, 6) is 0.890. The summed E-state index contributed by atoms with van der Waals surface area (Å²) in [5.41, 5.74) is 1.68. The Balaban J connectivity index is 1.83. The summed E-state index contributed by atoms with van der Waals surface area (Å²) in [5, 5.41) is 27.3. The molecule has 29 heavy (non-hydrogen) atoms. The molecule has 4 rings (SSSR count). The van der Waals surface area contributed by atoms with Crippen LogP contribution in [0.25, 0.3) is 16.6 Å². The van der Waals surface area contributed by atoms with Crippen molar-refractivity contribution in [3.63, 3.8) is 0 Å². The van der Waals surface area contributed by atoms with Crippen LogP contribution in [0, 0.1) is 11.3 Å². The second kappa shape index (κ2) is 7.81. The van der Waals surface area contributed by atoms with Crippen molar-refractivity contribution in [2.75, 3.05) is 5.32 Å². The van der Waals surface area contributed by atoms with E-state index in [1.165, 1.54) is 29.3 Å². The Morgan fingerprint density at radius 3 is 2.52 bits per heavy atom. The molecule has 144 valence electrons. The number of hydrogen-bond donors (Lipinski definition) is 2. The fourth-order valence-electron chi connectivity index (χ4n) is 2.71. The van der Waals surface area contributed by atoms with Gasteiger partial charge in [0.1, 0.15) is 29.2 Å². The molecule has 0 aliphatic carbocycles. The highest BCUT2D eigenvalue weighted by atomic mass is 35.5. The third kappa shape index (κ3) is 3.69. The summed E-state index contributed by atoms with van der Waals surface area (Å²) < 4.78 is 1.48. The van der Waals surface area contributed by atoms with Gasteiger partial charge in [0.15, 0.2) is 0 Å². The maximum absolute atomic E-state index is 9.25. The molecule has 0 saturated heterocycles. The van der Waals surface area contributed by atoms with Crippen LogP contribution in [0.4, 0.5) is 11.6 Å². The van der Waals surface area contributed by atoms with E-state index in [0.29, 0.717) is 44.5 Å². The van der Waals surface area contributed by atoms with E-state index in [2.05, 4.69) is 25.4 Å². The average molecular weight is 447 g/mol. The molecule has 11 heteroatoms. The molecule has 3 heterocycles. The van der Waals surface area contributed by atoms with Crippen molar-refractivity contribution < 1.29 is 5.11 Å². The first kappa shape index (κ1) is 19.4. The molecular formula is C18H10Cl3N7O. The highest BCUT2D eigenvalue weighted by Gasteiger charge is 2.17. The van der Waals surface area contributed by atoms with Crippen LogP contribution < -0.4 is 5.32 Å². The lowest BCUT2D eigenvalue weighted by Crippen LogP contribution is -1.99. The summed E-state index contributed by atoms with van der Waals surface area (Å²) in [4.78, 5) is 12.4. The monoisotopic (exact) mass is 445 g/mol. The molecule has 0 unspecified atom stereocenters. The van der Waals surface area contributed by atoms with Crippen LogP contribution in [0.3, 0.4) is 0 Å². The number of aromatic nitrogens is 5. The van der Waals surface area contributed by atoms with Crippen LogP contribution in [0.1, 0.15) is 11.3 Å². The molecule has 0 aliphatic rings. The predicted molar refractivity (Wildman–Crippen MR) is 110 cm³/mol. The largest absolute Gasteiger partial charge is 0.390 e. The lowest BCUT2D eigenvalue weighted by molar-refractivity contribution is 0.276. The SMILES string of the molecule is N#Cc1cc(Cl)c(-n2cc3c(Nc4cc(CO)ncn4)ncc(Cl)c3n2)c(Cl)c1. The molecule has 0 atom stereocenters. The Hall–Kier alpha value is -2.96. The third-order valence-electron chi connectivity index (χ3n) is 4.01. The average Bonchev–Trinajstić information content (AvgIpc) is 3.15. The van der Waals surface area contributed by atoms with Crippen molar-refractivity contribution in [3.05, 3.63) is 63.2 Å². The van der Waals surface area contributed by atoms with Gasteiger partial charge >= 0.3 is 0 Å². The molecule has 0 aliphatic heterocycles. The number of aliphatic hydroxyl groups excluding tert-OH is 1. The topological polar surface area (TPSA) is 113 Å². The highest BCUT2D eigenvalue weighted by molar-refractivity contribution is 6.38. The van der Waals surface area contributed by atoms with Gasteiger partial charge in [-0.2, -0.15) is 10.4 Å². The van der Waals surface area contributed by atoms with E-state index in [4.69, 9.17) is 40.1 Å². The molecule has 8 nitrogen and oxygen atoms in total. The van der Waals surface area contributed by atoms with Crippen molar-refractivity contribution >= 4 is 57.3 Å². The standard InChI is InChI=1S/C18H10Cl3N7O/c19-12-1-9(4-22)2-13(20)17(12)28-6-11-16(27-28)14(21)5-23-18(11)26-15-3-10(7-29)24-8-25-15/h1-3,5-6,8,29H,7H2,(H,23,24,25,26). The van der Waals surface area contributed by atoms with Crippen LogP contribution in [-0.4, -0.2) is 29.8 Å². The first-order valence-electron chi connectivity index (χ1n) is 8.12. The maximum Gasteiger partial charge on any atom is 0.142 e. The Bertz CT molecular complexity index is 1260. The number of anilines is 2. The Morgan fingerprint density at radius 1 is 1.07 bits per heavy atom. The van der Waals surface area contributed by atoms with Crippen LogP contribution in [-0.2, 0) is 6.61 Å². The molecule has 0 bridgehead atoms. The summed E-state index contributed by atoms with van der Waals surface area (Å²) in [6.45, 7) is -0.214. The fraction of sp³-hybridized carbons (Fsp3) is 0.0556. The summed E-state index contributed by atoms with van der Waals surface area (Å²) >= 11 is 18.9. The van der Waals surface area contributed by atoms with Gasteiger partial charge in [0, 0.05) is 12.3 Å². The van der Waals surface area contributed by atoms with E-state index in [0.717, 1.165) is 0 Å². The van der Waals surface area contributed by atoms with Crippen LogP contribution in [0.2, 0.25) is 15.1 Å². The lowest BCUT2D eigenvalue weighted by atomic mass is 10.2. The number of aliphatic hydroxyl groups is 1. The van der Waals surface area contributed by atoms with Crippen LogP contribution in [0.15, 0.2) is 36.9 Å². The van der Waals surface area contributed by atoms with E-state index in [1.807, 2.05) is 6.07 Å². The number of hydrogen-bond acceptors (Lipinski definition) is 7. The number of nitriles is 1. The molecule has 0 fully saturated rings. The van der Waals surface area contributed by atoms with E-state index >= 15 is 0 Å². The second-order valence-corrected chi connectivity index (χ2v) is 7.09. The first-order valence-corrected chi connectivity index (χ1v) is 9.25. The molecule has 0 amide bonds. The number of pyridine rings is 1. The predicted octanol–water partition coefficient (Wildman–Crippen LogP) is 4.28. The molecule has 2 N–H and O–H groups in total. The summed E-state index contributed by atoms with van der Waals surface area (Å²) in [6, 6.07) is 6.61. The smallest absolute Gasteiger partial charge is 0.142 e. The minimum atomic E-state index is -0.214. The quantitative estimate of drug-likeness (QED) is 0.481. The van der Waals surface area contributed by atoms with Crippen molar-refractivity contribution in [1.82, 2.24) is 24.7 Å². The summed E-state index contributed by atoms with van der Waals surface area (Å²) in [7, 11) is 0. The normalized spacial score (nSPS) is 10.9. The van der Waals surface area contributed by atoms with Gasteiger partial charge in [-0.05, 0) is 12.1 Å². The van der Waals surface area contributed by atoms with Crippen molar-refractivity contribution in [2.24, 2.45) is 0 Å². The van der Waals surface area contributed by atoms with Gasteiger partial charge < -0.3 is 10.4 Å². The van der Waals surface area contributed by atoms with E-state index in [-0.39, 0.29) is 16.7 Å². The van der Waals surface area contributed by atoms with Crippen molar-refractivity contribution in [2.45, 2.75) is 6.61 Å². The van der Waals surface area contributed by atoms with Gasteiger partial charge in [0.25, 0.3) is 0 Å². The van der Waals surface area contributed by atoms with Gasteiger partial charge in [-0.25, -0.2) is 19.6 Å². The van der Waals surface area contributed by atoms with Gasteiger partial charge in [-0.3, -0.25) is 0 Å². The Kier molecular flexibility index (Phi) is 5.22. The molecule has 4 aromatic rings. The molecule has 1 aromatic carbocycles. The van der Waals surface area contributed by atoms with Crippen LogP contribution >= 0.6 is 34.8 Å². The minimum Gasteiger partial charge on any atom is -0.390 e. The number of halogens is 3. The van der Waals surface area contributed by atoms with Crippen molar-refractivity contribution in [1.29, 1.82) is 5.26 Å². The number of fused-ring (bicyclic) bond motifs is 1. The summed E-state index contributed by atoms with van der Waals surface area (Å²) in [6.07, 6.45) is 4.46. The van der Waals surface area contributed by atoms with Gasteiger partial charge in [-0.1, -0.05) is 34.8 Å². The van der Waals surface area contributed by atoms with Gasteiger partial charge in [0.05, 0.1) is 50.6 Å². The number of benzene rings is 1. The Labute approximate surface area is 179 Å². The number of nitrogens with one attached hydrogen (secondary N) is 1. The third-order valence-corrected chi connectivity index (χ3v) is 4.86. The number of nitrogens with zero attached hydrogens (tertiary/aromatic N) is 6. The number of rotatable bonds is 4. The van der Waals surface area contributed by atoms with E-state index in [1.54, 1.807) is 12.3 Å². The van der Waals surface area contributed by atoms with E-state index < -0.39 is 0 Å². The lowest BCUT2D eigenvalue weighted by Gasteiger charge is -2.07. The Morgan fingerprint density at radius 2 is 1.83 bits per heavy atom. The molecular weight excluding hydrogens is 437 g/mol. The highest BCUT2D eigenvalue weighted by Crippen LogP contribution is 2.34. The van der Waals surface area contributed by atoms with Gasteiger partial charge in [0.2, 0.25) is 0 Å². The van der Waals surface area contributed by atoms with E-state index in [9.17, 15) is 5.11 Å². The van der Waals surface area contributed by atoms with Gasteiger partial charge in [-0.15, -0.1) is 0 Å². The zero-order chi connectivity index (χ0) is 20.5. The fourth-order valence-corrected chi connectivity index (χ4v) is 3.56. The zero-order valence-electron chi connectivity index (χ0n) is 14.4. The molecule has 0 saturated carbocycles. The molecule has 0 radical (unpaired) electrons. The molecule has 0 spiro atoms. The second-order valence-electron chi connectivity index (χ2n) is 5.87. The maximum atomic E-state index is 9.25. The van der Waals surface area contributed by atoms with Crippen LogP contribution in [0.5, 0.6) is 0 Å². The zero-order valence-corrected chi connectivity index (χ0v) is 16.7. The first-order chi connectivity index (χ1) is 14.0.